The number of carbonyl (C=O) groups is 1. The maximum absolute atomic E-state index is 13.5. The van der Waals surface area contributed by atoms with Crippen molar-refractivity contribution in [2.75, 3.05) is 13.7 Å². The van der Waals surface area contributed by atoms with Crippen LogP contribution < -0.4 is 4.74 Å². The molecule has 0 N–H and O–H groups in total. The molecule has 0 atom stereocenters. The summed E-state index contributed by atoms with van der Waals surface area (Å²) in [5.41, 5.74) is 1.35. The van der Waals surface area contributed by atoms with Crippen LogP contribution in [0.3, 0.4) is 0 Å². The lowest BCUT2D eigenvalue weighted by Crippen LogP contribution is -2.16. The van der Waals surface area contributed by atoms with Gasteiger partial charge in [-0.3, -0.25) is 4.79 Å². The highest BCUT2D eigenvalue weighted by Crippen LogP contribution is 2.31. The van der Waals surface area contributed by atoms with Crippen molar-refractivity contribution >= 4 is 27.0 Å². The molecule has 0 spiro atoms. The van der Waals surface area contributed by atoms with E-state index in [1.54, 1.807) is 26.0 Å². The SMILES string of the molecule is CCOc1cc(S(=O)(=O)n2c(C)c(CC(=O)OC)c3cccnc32)ccc1C#N. The maximum Gasteiger partial charge on any atom is 0.310 e. The number of esters is 1. The van der Waals surface area contributed by atoms with Crippen LogP contribution in [0.2, 0.25) is 0 Å². The fraction of sp³-hybridized carbons (Fsp3) is 0.250. The molecule has 2 aromatic heterocycles. The molecule has 9 heteroatoms. The van der Waals surface area contributed by atoms with E-state index in [0.717, 1.165) is 3.97 Å². The summed E-state index contributed by atoms with van der Waals surface area (Å²) < 4.78 is 38.2. The highest BCUT2D eigenvalue weighted by Gasteiger charge is 2.27. The number of fused-ring (bicyclic) bond motifs is 1. The van der Waals surface area contributed by atoms with Gasteiger partial charge in [0, 0.05) is 23.3 Å². The number of nitriles is 1. The first-order chi connectivity index (χ1) is 13.8. The first kappa shape index (κ1) is 20.4. The van der Waals surface area contributed by atoms with Gasteiger partial charge >= 0.3 is 5.97 Å². The standard InChI is InChI=1S/C20H19N3O5S/c1-4-28-18-10-15(8-7-14(18)12-21)29(25,26)23-13(2)17(11-19(24)27-3)16-6-5-9-22-20(16)23/h5-10H,4,11H2,1-3H3. The van der Waals surface area contributed by atoms with Crippen LogP contribution in [0.5, 0.6) is 5.75 Å². The van der Waals surface area contributed by atoms with Crippen molar-refractivity contribution in [1.29, 1.82) is 5.26 Å². The Hall–Kier alpha value is -3.38. The topological polar surface area (TPSA) is 111 Å². The molecule has 0 bridgehead atoms. The monoisotopic (exact) mass is 413 g/mol. The van der Waals surface area contributed by atoms with Gasteiger partial charge in [-0.25, -0.2) is 17.4 Å². The van der Waals surface area contributed by atoms with Gasteiger partial charge in [-0.05, 0) is 43.7 Å². The summed E-state index contributed by atoms with van der Waals surface area (Å²) in [6.45, 7) is 3.65. The van der Waals surface area contributed by atoms with Crippen molar-refractivity contribution in [2.45, 2.75) is 25.2 Å². The lowest BCUT2D eigenvalue weighted by atomic mass is 10.1. The minimum atomic E-state index is -4.07. The molecular weight excluding hydrogens is 394 g/mol. The number of nitrogens with zero attached hydrogens (tertiary/aromatic N) is 3. The summed E-state index contributed by atoms with van der Waals surface area (Å²) in [5, 5.41) is 9.77. The van der Waals surface area contributed by atoms with Crippen LogP contribution in [0.4, 0.5) is 0 Å². The first-order valence-electron chi connectivity index (χ1n) is 8.79. The molecule has 0 aliphatic carbocycles. The third-order valence-corrected chi connectivity index (χ3v) is 6.28. The predicted molar refractivity (Wildman–Crippen MR) is 105 cm³/mol. The van der Waals surface area contributed by atoms with Crippen LogP contribution in [0.15, 0.2) is 41.4 Å². The Kier molecular flexibility index (Phi) is 5.57. The van der Waals surface area contributed by atoms with Crippen molar-refractivity contribution in [2.24, 2.45) is 0 Å². The molecule has 2 heterocycles. The van der Waals surface area contributed by atoms with Gasteiger partial charge < -0.3 is 9.47 Å². The van der Waals surface area contributed by atoms with Crippen molar-refractivity contribution < 1.29 is 22.7 Å². The predicted octanol–water partition coefficient (Wildman–Crippen LogP) is 2.57. The van der Waals surface area contributed by atoms with Gasteiger partial charge in [0.1, 0.15) is 11.8 Å². The summed E-state index contributed by atoms with van der Waals surface area (Å²) in [6.07, 6.45) is 1.41. The van der Waals surface area contributed by atoms with Crippen molar-refractivity contribution in [3.8, 4) is 11.8 Å². The third-order valence-electron chi connectivity index (χ3n) is 4.51. The second-order valence-corrected chi connectivity index (χ2v) is 7.95. The van der Waals surface area contributed by atoms with Gasteiger partial charge in [0.05, 0.1) is 30.6 Å². The number of aromatic nitrogens is 2. The van der Waals surface area contributed by atoms with Gasteiger partial charge in [0.2, 0.25) is 0 Å². The normalized spacial score (nSPS) is 11.2. The van der Waals surface area contributed by atoms with E-state index in [1.165, 1.54) is 31.5 Å². The van der Waals surface area contributed by atoms with Crippen molar-refractivity contribution in [3.63, 3.8) is 0 Å². The number of hydrogen-bond acceptors (Lipinski definition) is 7. The minimum absolute atomic E-state index is 0.0461. The van der Waals surface area contributed by atoms with E-state index in [9.17, 15) is 18.5 Å². The first-order valence-corrected chi connectivity index (χ1v) is 10.2. The van der Waals surface area contributed by atoms with Gasteiger partial charge in [0.15, 0.2) is 5.65 Å². The molecular formula is C20H19N3O5S. The molecule has 0 saturated heterocycles. The molecule has 0 radical (unpaired) electrons. The molecule has 0 unspecified atom stereocenters. The Bertz CT molecular complexity index is 1240. The van der Waals surface area contributed by atoms with Crippen LogP contribution >= 0.6 is 0 Å². The number of pyridine rings is 1. The Balaban J connectivity index is 2.25. The molecule has 3 aromatic rings. The summed E-state index contributed by atoms with van der Waals surface area (Å²) >= 11 is 0. The number of benzene rings is 1. The molecule has 29 heavy (non-hydrogen) atoms. The molecule has 0 saturated carbocycles. The van der Waals surface area contributed by atoms with Gasteiger partial charge in [-0.1, -0.05) is 0 Å². The number of ether oxygens (including phenoxy) is 2. The van der Waals surface area contributed by atoms with E-state index in [0.29, 0.717) is 16.6 Å². The van der Waals surface area contributed by atoms with E-state index < -0.39 is 16.0 Å². The molecule has 0 fully saturated rings. The van der Waals surface area contributed by atoms with E-state index in [1.807, 2.05) is 6.07 Å². The van der Waals surface area contributed by atoms with Crippen LogP contribution in [-0.4, -0.2) is 37.1 Å². The van der Waals surface area contributed by atoms with Gasteiger partial charge in [-0.2, -0.15) is 5.26 Å². The summed E-state index contributed by atoms with van der Waals surface area (Å²) in [7, 11) is -2.80. The Morgan fingerprint density at radius 1 is 1.31 bits per heavy atom. The van der Waals surface area contributed by atoms with E-state index in [4.69, 9.17) is 9.47 Å². The van der Waals surface area contributed by atoms with Crippen LogP contribution in [0.1, 0.15) is 23.7 Å². The molecule has 0 aliphatic rings. The average molecular weight is 413 g/mol. The molecule has 1 aromatic carbocycles. The second-order valence-electron chi connectivity index (χ2n) is 6.16. The number of carbonyl (C=O) groups excluding carboxylic acids is 1. The zero-order valence-corrected chi connectivity index (χ0v) is 17.0. The van der Waals surface area contributed by atoms with E-state index in [-0.39, 0.29) is 34.9 Å². The molecule has 0 aliphatic heterocycles. The Labute approximate surface area is 168 Å². The third kappa shape index (κ3) is 3.54. The Morgan fingerprint density at radius 2 is 2.07 bits per heavy atom. The quantitative estimate of drug-likeness (QED) is 0.571. The molecule has 0 amide bonds. The molecule has 150 valence electrons. The van der Waals surface area contributed by atoms with Crippen LogP contribution in [-0.2, 0) is 26.0 Å². The van der Waals surface area contributed by atoms with E-state index in [2.05, 4.69) is 4.98 Å². The number of methoxy groups -OCH3 is 1. The summed E-state index contributed by atoms with van der Waals surface area (Å²) in [4.78, 5) is 16.0. The van der Waals surface area contributed by atoms with Crippen molar-refractivity contribution in [3.05, 3.63) is 53.3 Å². The highest BCUT2D eigenvalue weighted by atomic mass is 32.2. The molecule has 8 nitrogen and oxygen atoms in total. The van der Waals surface area contributed by atoms with E-state index >= 15 is 0 Å². The largest absolute Gasteiger partial charge is 0.492 e. The fourth-order valence-electron chi connectivity index (χ4n) is 3.14. The van der Waals surface area contributed by atoms with Crippen molar-refractivity contribution in [1.82, 2.24) is 8.96 Å². The fourth-order valence-corrected chi connectivity index (χ4v) is 4.69. The van der Waals surface area contributed by atoms with Gasteiger partial charge in [0.25, 0.3) is 10.0 Å². The van der Waals surface area contributed by atoms with Gasteiger partial charge in [-0.15, -0.1) is 0 Å². The zero-order valence-electron chi connectivity index (χ0n) is 16.2. The summed E-state index contributed by atoms with van der Waals surface area (Å²) in [5.74, 6) is -0.293. The lowest BCUT2D eigenvalue weighted by Gasteiger charge is -2.12. The molecule has 3 rings (SSSR count). The minimum Gasteiger partial charge on any atom is -0.492 e. The zero-order chi connectivity index (χ0) is 21.2. The highest BCUT2D eigenvalue weighted by molar-refractivity contribution is 7.90. The number of rotatable bonds is 6. The smallest absolute Gasteiger partial charge is 0.310 e. The number of hydrogen-bond donors (Lipinski definition) is 0. The summed E-state index contributed by atoms with van der Waals surface area (Å²) in [6, 6.07) is 9.45. The Morgan fingerprint density at radius 3 is 2.72 bits per heavy atom. The van der Waals surface area contributed by atoms with Crippen LogP contribution in [0, 0.1) is 18.3 Å². The maximum atomic E-state index is 13.5. The second kappa shape index (κ2) is 7.93. The van der Waals surface area contributed by atoms with Crippen LogP contribution in [0.25, 0.3) is 11.0 Å². The lowest BCUT2D eigenvalue weighted by molar-refractivity contribution is -0.139. The average Bonchev–Trinajstić information content (AvgIpc) is 3.00.